The van der Waals surface area contributed by atoms with E-state index in [0.29, 0.717) is 18.4 Å². The molecule has 0 unspecified atom stereocenters. The highest BCUT2D eigenvalue weighted by atomic mass is 127. The molecule has 0 bridgehead atoms. The lowest BCUT2D eigenvalue weighted by molar-refractivity contribution is 0.613. The SMILES string of the molecule is N#Cc1c(N)nc(N)nc1-c1cc(I)c(F)c(I)c1. The Morgan fingerprint density at radius 2 is 1.74 bits per heavy atom. The summed E-state index contributed by atoms with van der Waals surface area (Å²) >= 11 is 3.75. The Hall–Kier alpha value is -1.22. The van der Waals surface area contributed by atoms with Gasteiger partial charge >= 0.3 is 0 Å². The summed E-state index contributed by atoms with van der Waals surface area (Å²) < 4.78 is 14.5. The molecule has 0 amide bonds. The number of nitrogens with zero attached hydrogens (tertiary/aromatic N) is 3. The van der Waals surface area contributed by atoms with Crippen molar-refractivity contribution in [1.82, 2.24) is 9.97 Å². The first-order valence-electron chi connectivity index (χ1n) is 4.92. The van der Waals surface area contributed by atoms with Gasteiger partial charge in [-0.1, -0.05) is 0 Å². The maximum atomic E-state index is 13.6. The Morgan fingerprint density at radius 1 is 1.16 bits per heavy atom. The zero-order valence-electron chi connectivity index (χ0n) is 9.28. The van der Waals surface area contributed by atoms with E-state index in [1.165, 1.54) is 0 Å². The molecule has 5 nitrogen and oxygen atoms in total. The van der Waals surface area contributed by atoms with Gasteiger partial charge in [0.05, 0.1) is 12.8 Å². The Labute approximate surface area is 135 Å². The predicted molar refractivity (Wildman–Crippen MR) is 86.4 cm³/mol. The first kappa shape index (κ1) is 14.2. The third-order valence-corrected chi connectivity index (χ3v) is 3.89. The predicted octanol–water partition coefficient (Wildman–Crippen LogP) is 2.53. The number of nitrogen functional groups attached to an aromatic ring is 2. The van der Waals surface area contributed by atoms with Gasteiger partial charge in [0.15, 0.2) is 0 Å². The van der Waals surface area contributed by atoms with Gasteiger partial charge in [0.1, 0.15) is 23.3 Å². The summed E-state index contributed by atoms with van der Waals surface area (Å²) in [5.74, 6) is -0.321. The fourth-order valence-electron chi connectivity index (χ4n) is 1.51. The van der Waals surface area contributed by atoms with Crippen LogP contribution in [0.25, 0.3) is 11.3 Å². The van der Waals surface area contributed by atoms with Crippen LogP contribution in [0.15, 0.2) is 12.1 Å². The van der Waals surface area contributed by atoms with Crippen LogP contribution in [0.3, 0.4) is 0 Å². The van der Waals surface area contributed by atoms with Gasteiger partial charge in [-0.15, -0.1) is 0 Å². The zero-order chi connectivity index (χ0) is 14.2. The highest BCUT2D eigenvalue weighted by Crippen LogP contribution is 2.29. The molecule has 8 heteroatoms. The summed E-state index contributed by atoms with van der Waals surface area (Å²) in [5, 5.41) is 9.12. The fraction of sp³-hybridized carbons (Fsp3) is 0. The summed E-state index contributed by atoms with van der Waals surface area (Å²) in [6.07, 6.45) is 0. The maximum Gasteiger partial charge on any atom is 0.222 e. The molecule has 0 spiro atoms. The Kier molecular flexibility index (Phi) is 4.04. The molecule has 1 heterocycles. The van der Waals surface area contributed by atoms with Crippen LogP contribution < -0.4 is 11.5 Å². The number of hydrogen-bond acceptors (Lipinski definition) is 5. The minimum absolute atomic E-state index is 0.0133. The van der Waals surface area contributed by atoms with Gasteiger partial charge in [0.2, 0.25) is 5.95 Å². The van der Waals surface area contributed by atoms with E-state index in [9.17, 15) is 4.39 Å². The number of rotatable bonds is 1. The van der Waals surface area contributed by atoms with Gasteiger partial charge in [-0.2, -0.15) is 10.2 Å². The standard InChI is InChI=1S/C11H6FI2N5/c12-8-6(13)1-4(2-7(8)14)9-5(3-15)10(16)19-11(17)18-9/h1-2H,(H4,16,17,18,19). The highest BCUT2D eigenvalue weighted by Gasteiger charge is 2.16. The topological polar surface area (TPSA) is 102 Å². The number of nitriles is 1. The highest BCUT2D eigenvalue weighted by molar-refractivity contribution is 14.1. The van der Waals surface area contributed by atoms with Crippen molar-refractivity contribution in [3.63, 3.8) is 0 Å². The molecule has 19 heavy (non-hydrogen) atoms. The molecule has 96 valence electrons. The summed E-state index contributed by atoms with van der Waals surface area (Å²) in [4.78, 5) is 7.76. The van der Waals surface area contributed by atoms with E-state index in [0.717, 1.165) is 0 Å². The second-order valence-corrected chi connectivity index (χ2v) is 5.88. The summed E-state index contributed by atoms with van der Waals surface area (Å²) in [5.41, 5.74) is 12.2. The Bertz CT molecular complexity index is 688. The van der Waals surface area contributed by atoms with E-state index in [4.69, 9.17) is 16.7 Å². The number of halogens is 3. The molecule has 2 rings (SSSR count). The average molecular weight is 481 g/mol. The van der Waals surface area contributed by atoms with Crippen molar-refractivity contribution < 1.29 is 4.39 Å². The minimum atomic E-state index is -0.307. The van der Waals surface area contributed by atoms with Gasteiger partial charge < -0.3 is 11.5 Å². The first-order valence-corrected chi connectivity index (χ1v) is 7.07. The van der Waals surface area contributed by atoms with Gasteiger partial charge in [-0.05, 0) is 57.3 Å². The maximum absolute atomic E-state index is 13.6. The van der Waals surface area contributed by atoms with Crippen LogP contribution in [-0.4, -0.2) is 9.97 Å². The van der Waals surface area contributed by atoms with E-state index < -0.39 is 0 Å². The van der Waals surface area contributed by atoms with E-state index in [-0.39, 0.29) is 23.1 Å². The Balaban J connectivity index is 2.76. The van der Waals surface area contributed by atoms with E-state index in [1.807, 2.05) is 51.3 Å². The van der Waals surface area contributed by atoms with Crippen LogP contribution in [0, 0.1) is 24.3 Å². The van der Waals surface area contributed by atoms with Crippen LogP contribution >= 0.6 is 45.2 Å². The van der Waals surface area contributed by atoms with E-state index >= 15 is 0 Å². The van der Waals surface area contributed by atoms with Crippen LogP contribution in [0.5, 0.6) is 0 Å². The van der Waals surface area contributed by atoms with Crippen molar-refractivity contribution >= 4 is 56.9 Å². The van der Waals surface area contributed by atoms with Crippen molar-refractivity contribution in [2.75, 3.05) is 11.5 Å². The number of hydrogen-bond donors (Lipinski definition) is 2. The number of nitrogens with two attached hydrogens (primary N) is 2. The molecular formula is C11H6FI2N5. The fourth-order valence-corrected chi connectivity index (χ4v) is 3.28. The largest absolute Gasteiger partial charge is 0.382 e. The number of aromatic nitrogens is 2. The van der Waals surface area contributed by atoms with Gasteiger partial charge in [-0.25, -0.2) is 9.37 Å². The second-order valence-electron chi connectivity index (χ2n) is 3.56. The van der Waals surface area contributed by atoms with Crippen LogP contribution in [0.4, 0.5) is 16.2 Å². The zero-order valence-corrected chi connectivity index (χ0v) is 13.6. The lowest BCUT2D eigenvalue weighted by Crippen LogP contribution is -2.05. The van der Waals surface area contributed by atoms with E-state index in [1.54, 1.807) is 12.1 Å². The summed E-state index contributed by atoms with van der Waals surface area (Å²) in [6.45, 7) is 0. The molecule has 2 aromatic rings. The average Bonchev–Trinajstić information content (AvgIpc) is 2.34. The van der Waals surface area contributed by atoms with Crippen molar-refractivity contribution in [2.24, 2.45) is 0 Å². The second kappa shape index (κ2) is 5.41. The molecule has 1 aromatic heterocycles. The van der Waals surface area contributed by atoms with Gasteiger partial charge in [-0.3, -0.25) is 0 Å². The normalized spacial score (nSPS) is 10.2. The van der Waals surface area contributed by atoms with Crippen LogP contribution in [-0.2, 0) is 0 Å². The van der Waals surface area contributed by atoms with Crippen LogP contribution in [0.2, 0.25) is 0 Å². The van der Waals surface area contributed by atoms with Crippen molar-refractivity contribution in [3.05, 3.63) is 30.7 Å². The monoisotopic (exact) mass is 481 g/mol. The molecule has 0 radical (unpaired) electrons. The third-order valence-electron chi connectivity index (χ3n) is 2.32. The van der Waals surface area contributed by atoms with Crippen molar-refractivity contribution in [1.29, 1.82) is 5.26 Å². The first-order chi connectivity index (χ1) is 8.93. The molecule has 1 aromatic carbocycles. The third kappa shape index (κ3) is 2.71. The molecule has 0 atom stereocenters. The molecular weight excluding hydrogens is 475 g/mol. The van der Waals surface area contributed by atoms with Gasteiger partial charge in [0.25, 0.3) is 0 Å². The molecule has 0 saturated heterocycles. The van der Waals surface area contributed by atoms with E-state index in [2.05, 4.69) is 9.97 Å². The molecule has 0 aliphatic carbocycles. The minimum Gasteiger partial charge on any atom is -0.382 e. The number of benzene rings is 1. The lowest BCUT2D eigenvalue weighted by Gasteiger charge is -2.08. The molecule has 0 fully saturated rings. The smallest absolute Gasteiger partial charge is 0.222 e. The molecule has 0 aliphatic rings. The van der Waals surface area contributed by atoms with Crippen LogP contribution in [0.1, 0.15) is 5.56 Å². The lowest BCUT2D eigenvalue weighted by atomic mass is 10.1. The summed E-state index contributed by atoms with van der Waals surface area (Å²) in [6, 6.07) is 5.11. The number of anilines is 2. The molecule has 4 N–H and O–H groups in total. The van der Waals surface area contributed by atoms with Crippen molar-refractivity contribution in [3.8, 4) is 17.3 Å². The van der Waals surface area contributed by atoms with Gasteiger partial charge in [0, 0.05) is 5.56 Å². The Morgan fingerprint density at radius 3 is 2.26 bits per heavy atom. The quantitative estimate of drug-likeness (QED) is 0.482. The molecule has 0 aliphatic heterocycles. The van der Waals surface area contributed by atoms with Crippen molar-refractivity contribution in [2.45, 2.75) is 0 Å². The molecule has 0 saturated carbocycles. The summed E-state index contributed by atoms with van der Waals surface area (Å²) in [7, 11) is 0.